The van der Waals surface area contributed by atoms with Gasteiger partial charge in [-0.25, -0.2) is 0 Å². The molecular weight excluding hydrogens is 363 g/mol. The number of carbonyl (C=O) groups excluding carboxylic acids is 1. The molecule has 22 heavy (non-hydrogen) atoms. The molecule has 1 aromatic carbocycles. The van der Waals surface area contributed by atoms with Crippen LogP contribution in [0.15, 0.2) is 12.1 Å². The summed E-state index contributed by atoms with van der Waals surface area (Å²) in [5.41, 5.74) is 0. The van der Waals surface area contributed by atoms with Crippen LogP contribution < -0.4 is 5.32 Å². The number of carbonyl (C=O) groups is 1. The summed E-state index contributed by atoms with van der Waals surface area (Å²) in [5, 5.41) is 5.34. The number of halogens is 3. The number of fused-ring (bicyclic) bond motifs is 1. The highest BCUT2D eigenvalue weighted by Crippen LogP contribution is 2.42. The highest BCUT2D eigenvalue weighted by molar-refractivity contribution is 7.21. The number of benzene rings is 1. The Morgan fingerprint density at radius 3 is 2.91 bits per heavy atom. The highest BCUT2D eigenvalue weighted by Gasteiger charge is 2.29. The van der Waals surface area contributed by atoms with Crippen molar-refractivity contribution in [2.45, 2.75) is 6.42 Å². The predicted molar refractivity (Wildman–Crippen MR) is 94.8 cm³/mol. The van der Waals surface area contributed by atoms with Gasteiger partial charge in [0.05, 0.1) is 10.0 Å². The van der Waals surface area contributed by atoms with Gasteiger partial charge in [-0.3, -0.25) is 4.79 Å². The van der Waals surface area contributed by atoms with E-state index in [9.17, 15) is 4.79 Å². The minimum atomic E-state index is -0.0167. The van der Waals surface area contributed by atoms with E-state index in [4.69, 9.17) is 34.8 Å². The molecular formula is C15H15Cl3N2OS. The zero-order valence-corrected chi connectivity index (χ0v) is 15.0. The van der Waals surface area contributed by atoms with Crippen molar-refractivity contribution >= 4 is 62.1 Å². The Labute approximate surface area is 148 Å². The van der Waals surface area contributed by atoms with Gasteiger partial charge in [0.1, 0.15) is 4.88 Å². The van der Waals surface area contributed by atoms with Gasteiger partial charge in [-0.2, -0.15) is 0 Å². The van der Waals surface area contributed by atoms with Crippen LogP contribution in [0.3, 0.4) is 0 Å². The average Bonchev–Trinajstić information content (AvgIpc) is 3.03. The molecule has 0 saturated carbocycles. The Bertz CT molecular complexity index is 731. The van der Waals surface area contributed by atoms with Crippen LogP contribution in [0.25, 0.3) is 10.1 Å². The van der Waals surface area contributed by atoms with E-state index in [1.807, 2.05) is 11.9 Å². The standard InChI is InChI=1S/C15H15Cl3N2OS/c1-19-6-8-2-3-20(7-8)15(21)14-13(18)12-10(17)4-9(16)5-11(12)22-14/h4-5,8,19H,2-3,6-7H2,1H3. The minimum absolute atomic E-state index is 0.0167. The molecule has 1 fully saturated rings. The molecule has 0 spiro atoms. The molecule has 118 valence electrons. The Balaban J connectivity index is 1.92. The molecule has 7 heteroatoms. The molecule has 1 aliphatic rings. The van der Waals surface area contributed by atoms with Crippen LogP contribution in [0.2, 0.25) is 15.1 Å². The van der Waals surface area contributed by atoms with Crippen LogP contribution in [-0.2, 0) is 0 Å². The van der Waals surface area contributed by atoms with Crippen molar-refractivity contribution in [1.29, 1.82) is 0 Å². The summed E-state index contributed by atoms with van der Waals surface area (Å²) in [5.74, 6) is 0.483. The third-order valence-corrected chi connectivity index (χ3v) is 6.04. The highest BCUT2D eigenvalue weighted by atomic mass is 35.5. The van der Waals surface area contributed by atoms with Crippen molar-refractivity contribution in [3.8, 4) is 0 Å². The van der Waals surface area contributed by atoms with E-state index in [0.29, 0.717) is 31.2 Å². The lowest BCUT2D eigenvalue weighted by Gasteiger charge is -2.15. The van der Waals surface area contributed by atoms with Gasteiger partial charge in [0, 0.05) is 28.2 Å². The smallest absolute Gasteiger partial charge is 0.265 e. The van der Waals surface area contributed by atoms with Crippen molar-refractivity contribution in [3.05, 3.63) is 32.1 Å². The van der Waals surface area contributed by atoms with E-state index in [2.05, 4.69) is 5.32 Å². The first kappa shape index (κ1) is 16.3. The van der Waals surface area contributed by atoms with E-state index in [1.54, 1.807) is 12.1 Å². The van der Waals surface area contributed by atoms with Gasteiger partial charge in [-0.05, 0) is 38.1 Å². The Kier molecular flexibility index (Phi) is 4.86. The fraction of sp³-hybridized carbons (Fsp3) is 0.400. The molecule has 2 heterocycles. The summed E-state index contributed by atoms with van der Waals surface area (Å²) in [4.78, 5) is 15.2. The van der Waals surface area contributed by atoms with Crippen LogP contribution in [-0.4, -0.2) is 37.5 Å². The number of amides is 1. The first-order valence-electron chi connectivity index (χ1n) is 7.02. The molecule has 1 unspecified atom stereocenters. The van der Waals surface area contributed by atoms with Gasteiger partial charge < -0.3 is 10.2 Å². The summed E-state index contributed by atoms with van der Waals surface area (Å²) < 4.78 is 0.844. The van der Waals surface area contributed by atoms with Gasteiger partial charge in [-0.15, -0.1) is 11.3 Å². The fourth-order valence-corrected chi connectivity index (χ4v) is 5.21. The second-order valence-electron chi connectivity index (χ2n) is 5.47. The topological polar surface area (TPSA) is 32.3 Å². The summed E-state index contributed by atoms with van der Waals surface area (Å²) in [6.07, 6.45) is 1.02. The van der Waals surface area contributed by atoms with Gasteiger partial charge >= 0.3 is 0 Å². The Morgan fingerprint density at radius 2 is 2.18 bits per heavy atom. The summed E-state index contributed by atoms with van der Waals surface area (Å²) in [7, 11) is 1.93. The number of likely N-dealkylation sites (tertiary alicyclic amines) is 1. The monoisotopic (exact) mass is 376 g/mol. The zero-order valence-electron chi connectivity index (χ0n) is 12.0. The predicted octanol–water partition coefficient (Wildman–Crippen LogP) is 4.54. The first-order chi connectivity index (χ1) is 10.5. The second-order valence-corrected chi connectivity index (χ2v) is 7.74. The minimum Gasteiger partial charge on any atom is -0.338 e. The van der Waals surface area contributed by atoms with Crippen LogP contribution >= 0.6 is 46.1 Å². The molecule has 1 aliphatic heterocycles. The third-order valence-electron chi connectivity index (χ3n) is 3.91. The number of rotatable bonds is 3. The van der Waals surface area contributed by atoms with Gasteiger partial charge in [0.25, 0.3) is 5.91 Å². The normalized spacial score (nSPS) is 18.4. The summed E-state index contributed by atoms with van der Waals surface area (Å²) in [6.45, 7) is 2.45. The number of hydrogen-bond acceptors (Lipinski definition) is 3. The van der Waals surface area contributed by atoms with Gasteiger partial charge in [0.2, 0.25) is 0 Å². The summed E-state index contributed by atoms with van der Waals surface area (Å²) in [6, 6.07) is 3.45. The lowest BCUT2D eigenvalue weighted by Crippen LogP contribution is -2.29. The van der Waals surface area contributed by atoms with Crippen molar-refractivity contribution in [2.75, 3.05) is 26.7 Å². The van der Waals surface area contributed by atoms with Gasteiger partial charge in [0.15, 0.2) is 0 Å². The number of nitrogens with zero attached hydrogens (tertiary/aromatic N) is 1. The molecule has 3 rings (SSSR count). The molecule has 3 nitrogen and oxygen atoms in total. The number of nitrogens with one attached hydrogen (secondary N) is 1. The van der Waals surface area contributed by atoms with Crippen LogP contribution in [0, 0.1) is 5.92 Å². The fourth-order valence-electron chi connectivity index (χ4n) is 2.87. The van der Waals surface area contributed by atoms with Crippen molar-refractivity contribution in [2.24, 2.45) is 5.92 Å². The van der Waals surface area contributed by atoms with Crippen LogP contribution in [0.5, 0.6) is 0 Å². The molecule has 0 aliphatic carbocycles. The SMILES string of the molecule is CNCC1CCN(C(=O)c2sc3cc(Cl)cc(Cl)c3c2Cl)C1. The maximum atomic E-state index is 12.7. The Morgan fingerprint density at radius 1 is 1.41 bits per heavy atom. The lowest BCUT2D eigenvalue weighted by molar-refractivity contribution is 0.0792. The maximum absolute atomic E-state index is 12.7. The van der Waals surface area contributed by atoms with Crippen LogP contribution in [0.4, 0.5) is 0 Å². The number of thiophene rings is 1. The van der Waals surface area contributed by atoms with E-state index in [-0.39, 0.29) is 5.91 Å². The molecule has 0 bridgehead atoms. The summed E-state index contributed by atoms with van der Waals surface area (Å²) >= 11 is 20.0. The number of hydrogen-bond donors (Lipinski definition) is 1. The largest absolute Gasteiger partial charge is 0.338 e. The van der Waals surface area contributed by atoms with Crippen molar-refractivity contribution < 1.29 is 4.79 Å². The first-order valence-corrected chi connectivity index (χ1v) is 8.97. The molecule has 0 radical (unpaired) electrons. The molecule has 1 saturated heterocycles. The molecule has 1 amide bonds. The lowest BCUT2D eigenvalue weighted by atomic mass is 10.1. The molecule has 1 aromatic heterocycles. The van der Waals surface area contributed by atoms with Crippen molar-refractivity contribution in [3.63, 3.8) is 0 Å². The van der Waals surface area contributed by atoms with Gasteiger partial charge in [-0.1, -0.05) is 34.8 Å². The van der Waals surface area contributed by atoms with E-state index < -0.39 is 0 Å². The third kappa shape index (κ3) is 2.95. The maximum Gasteiger partial charge on any atom is 0.265 e. The second kappa shape index (κ2) is 6.54. The molecule has 1 N–H and O–H groups in total. The quantitative estimate of drug-likeness (QED) is 0.851. The van der Waals surface area contributed by atoms with Crippen LogP contribution in [0.1, 0.15) is 16.1 Å². The van der Waals surface area contributed by atoms with Crippen molar-refractivity contribution in [1.82, 2.24) is 10.2 Å². The van der Waals surface area contributed by atoms with E-state index >= 15 is 0 Å². The molecule has 2 aromatic rings. The molecule has 1 atom stereocenters. The Hall–Kier alpha value is -0.520. The van der Waals surface area contributed by atoms with E-state index in [0.717, 1.165) is 30.8 Å². The average molecular weight is 378 g/mol. The van der Waals surface area contributed by atoms with E-state index in [1.165, 1.54) is 11.3 Å². The zero-order chi connectivity index (χ0) is 15.9.